The Balaban J connectivity index is 2.14. The lowest BCUT2D eigenvalue weighted by molar-refractivity contribution is 0.0961. The summed E-state index contributed by atoms with van der Waals surface area (Å²) in [5, 5.41) is 6.95. The lowest BCUT2D eigenvalue weighted by Crippen LogP contribution is -2.13. The molecule has 0 aromatic carbocycles. The Morgan fingerprint density at radius 2 is 2.29 bits per heavy atom. The van der Waals surface area contributed by atoms with E-state index in [0.717, 1.165) is 11.3 Å². The minimum Gasteiger partial charge on any atom is -0.345 e. The van der Waals surface area contributed by atoms with E-state index < -0.39 is 0 Å². The van der Waals surface area contributed by atoms with Crippen molar-refractivity contribution in [3.8, 4) is 11.3 Å². The third-order valence-corrected chi connectivity index (χ3v) is 2.77. The third-order valence-electron chi connectivity index (χ3n) is 2.77. The molecule has 2 aromatic rings. The third kappa shape index (κ3) is 1.49. The lowest BCUT2D eigenvalue weighted by Gasteiger charge is -1.99. The fourth-order valence-electron chi connectivity index (χ4n) is 1.95. The Bertz CT molecular complexity index is 616. The van der Waals surface area contributed by atoms with Crippen LogP contribution in [0, 0.1) is 6.92 Å². The standard InChI is InChI=1S/C11H11N5O/c1-6-7(5-16(2)15-6)8-3-12-9-4-13-11(17)10(9)14-8/h3,5H,4H2,1-2H3,(H,13,17). The first-order valence-corrected chi connectivity index (χ1v) is 5.30. The van der Waals surface area contributed by atoms with Gasteiger partial charge < -0.3 is 5.32 Å². The molecule has 0 unspecified atom stereocenters. The Labute approximate surface area is 97.7 Å². The van der Waals surface area contributed by atoms with E-state index in [1.807, 2.05) is 20.2 Å². The van der Waals surface area contributed by atoms with Gasteiger partial charge in [-0.15, -0.1) is 0 Å². The molecule has 6 nitrogen and oxygen atoms in total. The molecule has 0 bridgehead atoms. The van der Waals surface area contributed by atoms with Crippen molar-refractivity contribution >= 4 is 5.91 Å². The van der Waals surface area contributed by atoms with Crippen molar-refractivity contribution in [2.45, 2.75) is 13.5 Å². The molecule has 17 heavy (non-hydrogen) atoms. The maximum absolute atomic E-state index is 11.5. The smallest absolute Gasteiger partial charge is 0.272 e. The number of hydrogen-bond donors (Lipinski definition) is 1. The van der Waals surface area contributed by atoms with Crippen molar-refractivity contribution in [1.82, 2.24) is 25.1 Å². The molecule has 2 aromatic heterocycles. The number of nitrogens with one attached hydrogen (secondary N) is 1. The zero-order valence-corrected chi connectivity index (χ0v) is 9.56. The van der Waals surface area contributed by atoms with Gasteiger partial charge in [-0.1, -0.05) is 0 Å². The highest BCUT2D eigenvalue weighted by molar-refractivity contribution is 5.96. The van der Waals surface area contributed by atoms with Crippen LogP contribution in [0.1, 0.15) is 21.9 Å². The normalized spacial score (nSPS) is 13.6. The Kier molecular flexibility index (Phi) is 1.98. The van der Waals surface area contributed by atoms with E-state index in [9.17, 15) is 4.79 Å². The molecule has 0 fully saturated rings. The Morgan fingerprint density at radius 1 is 1.47 bits per heavy atom. The van der Waals surface area contributed by atoms with E-state index in [-0.39, 0.29) is 5.91 Å². The molecule has 1 amide bonds. The first kappa shape index (κ1) is 9.95. The van der Waals surface area contributed by atoms with Crippen molar-refractivity contribution in [3.63, 3.8) is 0 Å². The van der Waals surface area contributed by atoms with E-state index in [2.05, 4.69) is 20.4 Å². The maximum Gasteiger partial charge on any atom is 0.272 e. The van der Waals surface area contributed by atoms with E-state index in [0.29, 0.717) is 23.6 Å². The van der Waals surface area contributed by atoms with Crippen molar-refractivity contribution < 1.29 is 4.79 Å². The Morgan fingerprint density at radius 3 is 3.00 bits per heavy atom. The molecule has 86 valence electrons. The van der Waals surface area contributed by atoms with Crippen LogP contribution in [0.25, 0.3) is 11.3 Å². The zero-order valence-electron chi connectivity index (χ0n) is 9.56. The predicted octanol–water partition coefficient (Wildman–Crippen LogP) is 0.429. The summed E-state index contributed by atoms with van der Waals surface area (Å²) in [5.74, 6) is -0.157. The first-order chi connectivity index (χ1) is 8.15. The minimum absolute atomic E-state index is 0.157. The van der Waals surface area contributed by atoms with Gasteiger partial charge in [0.1, 0.15) is 0 Å². The summed E-state index contributed by atoms with van der Waals surface area (Å²) in [6.45, 7) is 2.37. The van der Waals surface area contributed by atoms with Crippen molar-refractivity contribution in [3.05, 3.63) is 29.5 Å². The van der Waals surface area contributed by atoms with E-state index in [1.165, 1.54) is 0 Å². The Hall–Kier alpha value is -2.24. The quantitative estimate of drug-likeness (QED) is 0.769. The van der Waals surface area contributed by atoms with Gasteiger partial charge in [-0.05, 0) is 6.92 Å². The summed E-state index contributed by atoms with van der Waals surface area (Å²) in [6, 6.07) is 0. The highest BCUT2D eigenvalue weighted by Gasteiger charge is 2.23. The van der Waals surface area contributed by atoms with Crippen LogP contribution in [0.2, 0.25) is 0 Å². The fourth-order valence-corrected chi connectivity index (χ4v) is 1.95. The number of carbonyl (C=O) groups is 1. The van der Waals surface area contributed by atoms with Crippen molar-refractivity contribution in [2.24, 2.45) is 7.05 Å². The second-order valence-corrected chi connectivity index (χ2v) is 4.04. The van der Waals surface area contributed by atoms with E-state index in [4.69, 9.17) is 0 Å². The summed E-state index contributed by atoms with van der Waals surface area (Å²) < 4.78 is 1.72. The topological polar surface area (TPSA) is 72.7 Å². The fraction of sp³-hybridized carbons (Fsp3) is 0.273. The van der Waals surface area contributed by atoms with Crippen molar-refractivity contribution in [2.75, 3.05) is 0 Å². The molecule has 3 rings (SSSR count). The second-order valence-electron chi connectivity index (χ2n) is 4.04. The number of nitrogens with zero attached hydrogens (tertiary/aromatic N) is 4. The summed E-state index contributed by atoms with van der Waals surface area (Å²) >= 11 is 0. The summed E-state index contributed by atoms with van der Waals surface area (Å²) in [4.78, 5) is 20.1. The summed E-state index contributed by atoms with van der Waals surface area (Å²) in [5.41, 5.74) is 3.60. The van der Waals surface area contributed by atoms with Gasteiger partial charge in [-0.25, -0.2) is 4.98 Å². The SMILES string of the molecule is Cc1nn(C)cc1-c1cnc2c(n1)C(=O)NC2. The number of carbonyl (C=O) groups excluding carboxylic acids is 1. The summed E-state index contributed by atoms with van der Waals surface area (Å²) in [7, 11) is 1.85. The number of fused-ring (bicyclic) bond motifs is 1. The van der Waals surface area contributed by atoms with Gasteiger partial charge in [0.25, 0.3) is 5.91 Å². The molecule has 0 saturated heterocycles. The molecule has 0 aliphatic carbocycles. The maximum atomic E-state index is 11.5. The highest BCUT2D eigenvalue weighted by atomic mass is 16.2. The van der Waals surface area contributed by atoms with Crippen LogP contribution in [-0.4, -0.2) is 25.7 Å². The monoisotopic (exact) mass is 229 g/mol. The van der Waals surface area contributed by atoms with Gasteiger partial charge >= 0.3 is 0 Å². The van der Waals surface area contributed by atoms with Crippen LogP contribution >= 0.6 is 0 Å². The molecular formula is C11H11N5O. The van der Waals surface area contributed by atoms with Gasteiger partial charge in [0.2, 0.25) is 0 Å². The largest absolute Gasteiger partial charge is 0.345 e. The van der Waals surface area contributed by atoms with Gasteiger partial charge in [-0.2, -0.15) is 5.10 Å². The number of aromatic nitrogens is 4. The molecular weight excluding hydrogens is 218 g/mol. The second kappa shape index (κ2) is 3.38. The summed E-state index contributed by atoms with van der Waals surface area (Å²) in [6.07, 6.45) is 3.56. The molecule has 0 atom stereocenters. The van der Waals surface area contributed by atoms with Crippen LogP contribution in [0.15, 0.2) is 12.4 Å². The molecule has 1 aliphatic heterocycles. The van der Waals surface area contributed by atoms with Gasteiger partial charge in [-0.3, -0.25) is 14.5 Å². The first-order valence-electron chi connectivity index (χ1n) is 5.30. The average Bonchev–Trinajstić information content (AvgIpc) is 2.83. The molecule has 0 saturated carbocycles. The zero-order chi connectivity index (χ0) is 12.0. The van der Waals surface area contributed by atoms with E-state index in [1.54, 1.807) is 10.9 Å². The molecule has 1 N–H and O–H groups in total. The number of amides is 1. The molecule has 1 aliphatic rings. The van der Waals surface area contributed by atoms with Crippen LogP contribution in [-0.2, 0) is 13.6 Å². The molecule has 6 heteroatoms. The minimum atomic E-state index is -0.157. The van der Waals surface area contributed by atoms with Crippen LogP contribution in [0.4, 0.5) is 0 Å². The van der Waals surface area contributed by atoms with Crippen molar-refractivity contribution in [1.29, 1.82) is 0 Å². The molecule has 0 spiro atoms. The van der Waals surface area contributed by atoms with Gasteiger partial charge in [0.15, 0.2) is 5.69 Å². The molecule has 3 heterocycles. The number of hydrogen-bond acceptors (Lipinski definition) is 4. The van der Waals surface area contributed by atoms with Crippen LogP contribution in [0.5, 0.6) is 0 Å². The van der Waals surface area contributed by atoms with Gasteiger partial charge in [0, 0.05) is 18.8 Å². The van der Waals surface area contributed by atoms with Crippen LogP contribution in [0.3, 0.4) is 0 Å². The number of aryl methyl sites for hydroxylation is 2. The lowest BCUT2D eigenvalue weighted by atomic mass is 10.2. The van der Waals surface area contributed by atoms with Crippen LogP contribution < -0.4 is 5.32 Å². The highest BCUT2D eigenvalue weighted by Crippen LogP contribution is 2.21. The number of rotatable bonds is 1. The van der Waals surface area contributed by atoms with E-state index >= 15 is 0 Å². The average molecular weight is 229 g/mol. The predicted molar refractivity (Wildman–Crippen MR) is 60.1 cm³/mol. The van der Waals surface area contributed by atoms with Gasteiger partial charge in [0.05, 0.1) is 29.8 Å². The molecule has 0 radical (unpaired) electrons.